The zero-order chi connectivity index (χ0) is 70.4. The molecule has 0 saturated carbocycles. The van der Waals surface area contributed by atoms with Gasteiger partial charge in [0.2, 0.25) is 29.5 Å². The first-order valence-electron chi connectivity index (χ1n) is 30.4. The van der Waals surface area contributed by atoms with E-state index in [0.29, 0.717) is 0 Å². The van der Waals surface area contributed by atoms with Crippen molar-refractivity contribution in [3.63, 3.8) is 0 Å². The van der Waals surface area contributed by atoms with Crippen molar-refractivity contribution in [3.8, 4) is 0 Å². The molecule has 0 aliphatic carbocycles. The van der Waals surface area contributed by atoms with Crippen molar-refractivity contribution < 1.29 is 100 Å². The predicted octanol–water partition coefficient (Wildman–Crippen LogP) is 3.85. The van der Waals surface area contributed by atoms with Crippen LogP contribution in [0, 0.1) is 54.1 Å². The molecule has 0 saturated heterocycles. The second-order valence-electron chi connectivity index (χ2n) is 30.2. The largest absolute Gasteiger partial charge is 0.464 e. The fourth-order valence-electron chi connectivity index (χ4n) is 7.07. The van der Waals surface area contributed by atoms with E-state index in [-0.39, 0.29) is 52.3 Å². The number of hydrogen-bond acceptors (Lipinski definition) is 21. The van der Waals surface area contributed by atoms with Crippen LogP contribution in [0.15, 0.2) is 12.2 Å². The molecule has 5 N–H and O–H groups in total. The van der Waals surface area contributed by atoms with E-state index in [1.807, 2.05) is 0 Å². The number of rotatable bonds is 35. The lowest BCUT2D eigenvalue weighted by molar-refractivity contribution is -0.168. The summed E-state index contributed by atoms with van der Waals surface area (Å²) >= 11 is 0. The summed E-state index contributed by atoms with van der Waals surface area (Å²) in [6.07, 6.45) is 2.01. The molecule has 7 amide bonds. The quantitative estimate of drug-likeness (QED) is 0.0260. The average Bonchev–Trinajstić information content (AvgIpc) is 2.35. The van der Waals surface area contributed by atoms with E-state index in [4.69, 9.17) is 37.9 Å². The minimum Gasteiger partial charge on any atom is -0.464 e. The molecule has 0 radical (unpaired) electrons. The number of ether oxygens (including phenoxy) is 8. The van der Waals surface area contributed by atoms with Gasteiger partial charge in [-0.05, 0) is 145 Å². The highest BCUT2D eigenvalue weighted by Gasteiger charge is 2.46. The highest BCUT2D eigenvalue weighted by atomic mass is 16.6. The number of carbonyl (C=O) groups is 13. The maximum absolute atomic E-state index is 14.9. The molecule has 1 rings (SSSR count). The lowest BCUT2D eigenvalue weighted by Gasteiger charge is -2.38. The van der Waals surface area contributed by atoms with E-state index in [1.165, 1.54) is 20.8 Å². The number of hydrogen-bond donors (Lipinski definition) is 5. The minimum absolute atomic E-state index is 0.0345. The van der Waals surface area contributed by atoms with E-state index in [0.717, 1.165) is 17.1 Å². The van der Waals surface area contributed by atoms with Crippen LogP contribution < -0.4 is 26.6 Å². The lowest BCUT2D eigenvalue weighted by Crippen LogP contribution is -2.59. The Kier molecular flexibility index (Phi) is 30.7. The van der Waals surface area contributed by atoms with Gasteiger partial charge in [0, 0.05) is 69.7 Å². The van der Waals surface area contributed by atoms with Gasteiger partial charge in [-0.25, -0.2) is 0 Å². The summed E-state index contributed by atoms with van der Waals surface area (Å²) in [4.78, 5) is 174. The van der Waals surface area contributed by atoms with Crippen molar-refractivity contribution in [2.24, 2.45) is 54.1 Å². The van der Waals surface area contributed by atoms with Gasteiger partial charge in [0.15, 0.2) is 0 Å². The Balaban J connectivity index is 3.94. The number of nitrogens with one attached hydrogen (secondary N) is 5. The molecule has 0 bridgehead atoms. The van der Waals surface area contributed by atoms with Gasteiger partial charge < -0.3 is 64.5 Å². The van der Waals surface area contributed by atoms with Gasteiger partial charge in [-0.2, -0.15) is 0 Å². The Morgan fingerprint density at radius 1 is 0.341 bits per heavy atom. The van der Waals surface area contributed by atoms with Crippen molar-refractivity contribution in [2.75, 3.05) is 105 Å². The van der Waals surface area contributed by atoms with Crippen molar-refractivity contribution >= 4 is 77.2 Å². The van der Waals surface area contributed by atoms with Crippen molar-refractivity contribution in [2.45, 2.75) is 158 Å². The van der Waals surface area contributed by atoms with E-state index in [9.17, 15) is 62.3 Å². The second kappa shape index (κ2) is 34.0. The van der Waals surface area contributed by atoms with Crippen molar-refractivity contribution in [3.05, 3.63) is 12.2 Å². The zero-order valence-corrected chi connectivity index (χ0v) is 57.9. The molecule has 0 fully saturated rings. The maximum atomic E-state index is 14.9. The molecule has 0 spiro atoms. The SMILES string of the molecule is CC(C)(C)C(=O)OCC(C)(COC(=O)C(C)(C)C)C(=O)NCC(CNC(=O)C(C)(COC(=O)C(C)(C)C)COC(=O)C(C)(C)C)(CNC(=O)C(C)(COC(=O)C(C)(C)C)COC(=O)C(C)(C)C)COCCNC(=O)CCOCCNC(=O)CCN1C(=O)C=CC1=O. The van der Waals surface area contributed by atoms with Gasteiger partial charge in [-0.3, -0.25) is 67.2 Å². The molecule has 91 heavy (non-hydrogen) atoms. The van der Waals surface area contributed by atoms with Crippen LogP contribution in [-0.4, -0.2) is 187 Å². The fraction of sp³-hybridized carbons (Fsp3) is 0.766. The zero-order valence-electron chi connectivity index (χ0n) is 57.9. The van der Waals surface area contributed by atoms with E-state index in [1.54, 1.807) is 125 Å². The summed E-state index contributed by atoms with van der Waals surface area (Å²) in [5.41, 5.74) is -13.2. The Bertz CT molecular complexity index is 2310. The van der Waals surface area contributed by atoms with Gasteiger partial charge in [0.25, 0.3) is 11.8 Å². The molecule has 1 heterocycles. The number of nitrogens with zero attached hydrogens (tertiary/aromatic N) is 1. The highest BCUT2D eigenvalue weighted by molar-refractivity contribution is 6.13. The fourth-order valence-corrected chi connectivity index (χ4v) is 7.07. The monoisotopic (exact) mass is 1290 g/mol. The first kappa shape index (κ1) is 82.0. The summed E-state index contributed by atoms with van der Waals surface area (Å²) in [6, 6.07) is 0. The van der Waals surface area contributed by atoms with E-state index >= 15 is 0 Å². The van der Waals surface area contributed by atoms with Gasteiger partial charge >= 0.3 is 35.8 Å². The molecule has 0 aromatic rings. The number of carbonyl (C=O) groups excluding carboxylic acids is 13. The molecule has 0 atom stereocenters. The topological polar surface area (TPSA) is 359 Å². The molecular weight excluding hydrogens is 1190 g/mol. The Hall–Kier alpha value is -7.03. The molecule has 0 aromatic carbocycles. The van der Waals surface area contributed by atoms with Crippen LogP contribution in [0.25, 0.3) is 0 Å². The van der Waals surface area contributed by atoms with Gasteiger partial charge in [-0.15, -0.1) is 0 Å². The van der Waals surface area contributed by atoms with E-state index in [2.05, 4.69) is 26.6 Å². The van der Waals surface area contributed by atoms with Crippen LogP contribution >= 0.6 is 0 Å². The van der Waals surface area contributed by atoms with Crippen LogP contribution in [0.3, 0.4) is 0 Å². The second-order valence-corrected chi connectivity index (χ2v) is 30.2. The van der Waals surface area contributed by atoms with Gasteiger partial charge in [-0.1, -0.05) is 0 Å². The molecule has 0 aromatic heterocycles. The normalized spacial score (nSPS) is 13.6. The first-order valence-corrected chi connectivity index (χ1v) is 30.4. The number of amides is 7. The molecule has 27 heteroatoms. The third kappa shape index (κ3) is 29.0. The first-order chi connectivity index (χ1) is 41.3. The van der Waals surface area contributed by atoms with E-state index < -0.39 is 197 Å². The van der Waals surface area contributed by atoms with Crippen molar-refractivity contribution in [1.29, 1.82) is 0 Å². The number of esters is 6. The summed E-state index contributed by atoms with van der Waals surface area (Å²) in [5.74, 6) is -8.48. The summed E-state index contributed by atoms with van der Waals surface area (Å²) in [6.45, 7) is 27.2. The van der Waals surface area contributed by atoms with Gasteiger partial charge in [0.1, 0.15) is 55.9 Å². The number of imide groups is 1. The minimum atomic E-state index is -1.79. The van der Waals surface area contributed by atoms with Gasteiger partial charge in [0.05, 0.1) is 58.9 Å². The molecular formula is C64H106N6O21. The van der Waals surface area contributed by atoms with Crippen LogP contribution in [0.1, 0.15) is 158 Å². The highest BCUT2D eigenvalue weighted by Crippen LogP contribution is 2.30. The predicted molar refractivity (Wildman–Crippen MR) is 331 cm³/mol. The van der Waals surface area contributed by atoms with Crippen LogP contribution in [-0.2, 0) is 100 Å². The standard InChI is InChI=1S/C64H106N6O21/c1-55(2,3)49(78)86-35-61(19,36-87-50(79)56(4,5)6)46(75)67-32-64(33-68-47(76)62(20,37-88-51(80)57(7,8)9)38-89-52(81)58(10,11)12,34-69-48(77)63(21,39-90-53(82)59(13,14)15)40-91-54(83)60(16,17)18)41-85-31-27-66-43(72)25-29-84-30-26-65-42(71)24-28-70-44(73)22-23-45(70)74/h22-23H,24-41H2,1-21H3,(H,65,71)(H,66,72)(H,67,75)(H,68,76)(H,69,77). The Morgan fingerprint density at radius 2 is 0.593 bits per heavy atom. The van der Waals surface area contributed by atoms with Crippen molar-refractivity contribution in [1.82, 2.24) is 31.5 Å². The molecule has 518 valence electrons. The Labute approximate surface area is 537 Å². The lowest BCUT2D eigenvalue weighted by atomic mass is 9.84. The average molecular weight is 1300 g/mol. The summed E-state index contributed by atoms with van der Waals surface area (Å²) in [5, 5.41) is 13.9. The smallest absolute Gasteiger partial charge is 0.311 e. The Morgan fingerprint density at radius 3 is 0.857 bits per heavy atom. The molecule has 1 aliphatic heterocycles. The molecule has 1 aliphatic rings. The summed E-state index contributed by atoms with van der Waals surface area (Å²) in [7, 11) is 0. The van der Waals surface area contributed by atoms with Crippen LogP contribution in [0.2, 0.25) is 0 Å². The molecule has 0 unspecified atom stereocenters. The summed E-state index contributed by atoms with van der Waals surface area (Å²) < 4.78 is 45.7. The third-order valence-corrected chi connectivity index (χ3v) is 13.8. The molecule has 27 nitrogen and oxygen atoms in total. The van der Waals surface area contributed by atoms with Crippen LogP contribution in [0.5, 0.6) is 0 Å². The maximum Gasteiger partial charge on any atom is 0.311 e. The third-order valence-electron chi connectivity index (χ3n) is 13.8. The van der Waals surface area contributed by atoms with Crippen LogP contribution in [0.4, 0.5) is 0 Å².